The first-order chi connectivity index (χ1) is 14.5. The maximum atomic E-state index is 13.0. The predicted octanol–water partition coefficient (Wildman–Crippen LogP) is 4.78. The van der Waals surface area contributed by atoms with Gasteiger partial charge in [-0.1, -0.05) is 54.6 Å². The van der Waals surface area contributed by atoms with E-state index in [0.29, 0.717) is 17.0 Å². The second-order valence-corrected chi connectivity index (χ2v) is 7.11. The van der Waals surface area contributed by atoms with Gasteiger partial charge in [0.1, 0.15) is 5.75 Å². The van der Waals surface area contributed by atoms with E-state index in [1.165, 1.54) is 0 Å². The molecule has 30 heavy (non-hydrogen) atoms. The first kappa shape index (κ1) is 21.1. The number of anilines is 1. The Bertz CT molecular complexity index is 1010. The molecule has 0 spiro atoms. The number of carbonyl (C=O) groups is 2. The van der Waals surface area contributed by atoms with Gasteiger partial charge in [-0.05, 0) is 48.7 Å². The summed E-state index contributed by atoms with van der Waals surface area (Å²) in [4.78, 5) is 25.6. The van der Waals surface area contributed by atoms with Gasteiger partial charge in [0, 0.05) is 11.3 Å². The Labute approximate surface area is 176 Å². The van der Waals surface area contributed by atoms with E-state index in [1.807, 2.05) is 50.2 Å². The molecule has 3 rings (SSSR count). The molecule has 0 heterocycles. The SMILES string of the molecule is COc1ccc(CC(=O)O[C@H](C(=O)Nc2cc(C)ccc2C)c2ccccc2)cc1. The van der Waals surface area contributed by atoms with E-state index in [-0.39, 0.29) is 6.42 Å². The highest BCUT2D eigenvalue weighted by Crippen LogP contribution is 2.23. The van der Waals surface area contributed by atoms with E-state index in [0.717, 1.165) is 16.7 Å². The highest BCUT2D eigenvalue weighted by atomic mass is 16.5. The minimum absolute atomic E-state index is 0.0596. The van der Waals surface area contributed by atoms with E-state index < -0.39 is 18.0 Å². The molecular weight excluding hydrogens is 378 g/mol. The predicted molar refractivity (Wildman–Crippen MR) is 117 cm³/mol. The zero-order chi connectivity index (χ0) is 21.5. The Kier molecular flexibility index (Phi) is 6.86. The summed E-state index contributed by atoms with van der Waals surface area (Å²) in [6.07, 6.45) is -0.985. The fourth-order valence-electron chi connectivity index (χ4n) is 3.05. The van der Waals surface area contributed by atoms with Crippen LogP contribution in [-0.2, 0) is 20.7 Å². The van der Waals surface area contributed by atoms with Crippen molar-refractivity contribution < 1.29 is 19.1 Å². The molecule has 1 atom stereocenters. The molecule has 0 aliphatic heterocycles. The number of nitrogens with one attached hydrogen (secondary N) is 1. The molecule has 0 saturated carbocycles. The lowest BCUT2D eigenvalue weighted by Crippen LogP contribution is -2.26. The van der Waals surface area contributed by atoms with Crippen molar-refractivity contribution in [3.8, 4) is 5.75 Å². The molecule has 3 aromatic rings. The van der Waals surface area contributed by atoms with Gasteiger partial charge < -0.3 is 14.8 Å². The molecule has 0 saturated heterocycles. The summed E-state index contributed by atoms with van der Waals surface area (Å²) in [5.74, 6) is -0.162. The zero-order valence-electron chi connectivity index (χ0n) is 17.3. The maximum Gasteiger partial charge on any atom is 0.311 e. The lowest BCUT2D eigenvalue weighted by molar-refractivity contribution is -0.154. The molecule has 5 heteroatoms. The average molecular weight is 403 g/mol. The van der Waals surface area contributed by atoms with E-state index in [4.69, 9.17) is 9.47 Å². The summed E-state index contributed by atoms with van der Waals surface area (Å²) in [5, 5.41) is 2.90. The van der Waals surface area contributed by atoms with Crippen LogP contribution in [0.3, 0.4) is 0 Å². The first-order valence-corrected chi connectivity index (χ1v) is 9.71. The monoisotopic (exact) mass is 403 g/mol. The summed E-state index contributed by atoms with van der Waals surface area (Å²) in [5.41, 5.74) is 4.06. The molecule has 0 aromatic heterocycles. The highest BCUT2D eigenvalue weighted by Gasteiger charge is 2.25. The first-order valence-electron chi connectivity index (χ1n) is 9.71. The summed E-state index contributed by atoms with van der Waals surface area (Å²) >= 11 is 0. The number of ether oxygens (including phenoxy) is 2. The van der Waals surface area contributed by atoms with E-state index in [2.05, 4.69) is 5.32 Å². The Morgan fingerprint density at radius 1 is 0.933 bits per heavy atom. The number of amides is 1. The van der Waals surface area contributed by atoms with Crippen molar-refractivity contribution in [3.05, 3.63) is 95.1 Å². The van der Waals surface area contributed by atoms with Crippen molar-refractivity contribution in [3.63, 3.8) is 0 Å². The molecule has 0 aliphatic rings. The van der Waals surface area contributed by atoms with Gasteiger partial charge in [0.15, 0.2) is 0 Å². The second-order valence-electron chi connectivity index (χ2n) is 7.11. The van der Waals surface area contributed by atoms with Crippen molar-refractivity contribution in [2.75, 3.05) is 12.4 Å². The number of benzene rings is 3. The summed E-state index contributed by atoms with van der Waals surface area (Å²) in [6, 6.07) is 22.0. The maximum absolute atomic E-state index is 13.0. The van der Waals surface area contributed by atoms with Crippen LogP contribution in [0.5, 0.6) is 5.75 Å². The van der Waals surface area contributed by atoms with Crippen LogP contribution >= 0.6 is 0 Å². The van der Waals surface area contributed by atoms with Crippen LogP contribution in [0.1, 0.15) is 28.4 Å². The fourth-order valence-corrected chi connectivity index (χ4v) is 3.05. The van der Waals surface area contributed by atoms with Crippen molar-refractivity contribution in [1.82, 2.24) is 0 Å². The van der Waals surface area contributed by atoms with E-state index in [1.54, 1.807) is 43.5 Å². The third-order valence-corrected chi connectivity index (χ3v) is 4.75. The highest BCUT2D eigenvalue weighted by molar-refractivity contribution is 5.96. The van der Waals surface area contributed by atoms with Crippen LogP contribution in [0.2, 0.25) is 0 Å². The standard InChI is InChI=1S/C25H25NO4/c1-17-9-10-18(2)22(15-17)26-25(28)24(20-7-5-4-6-8-20)30-23(27)16-19-11-13-21(29-3)14-12-19/h4-15,24H,16H2,1-3H3,(H,26,28)/t24-/m0/s1. The number of aryl methyl sites for hydroxylation is 2. The number of hydrogen-bond acceptors (Lipinski definition) is 4. The van der Waals surface area contributed by atoms with Gasteiger partial charge in [-0.25, -0.2) is 0 Å². The van der Waals surface area contributed by atoms with Crippen LogP contribution in [0.15, 0.2) is 72.8 Å². The average Bonchev–Trinajstić information content (AvgIpc) is 2.75. The van der Waals surface area contributed by atoms with Crippen molar-refractivity contribution in [2.24, 2.45) is 0 Å². The van der Waals surface area contributed by atoms with Gasteiger partial charge in [-0.15, -0.1) is 0 Å². The van der Waals surface area contributed by atoms with Crippen molar-refractivity contribution >= 4 is 17.6 Å². The van der Waals surface area contributed by atoms with Crippen LogP contribution in [0.4, 0.5) is 5.69 Å². The minimum atomic E-state index is -1.04. The summed E-state index contributed by atoms with van der Waals surface area (Å²) in [7, 11) is 1.59. The largest absolute Gasteiger partial charge is 0.497 e. The quantitative estimate of drug-likeness (QED) is 0.577. The fraction of sp³-hybridized carbons (Fsp3) is 0.200. The Hall–Kier alpha value is -3.60. The number of carbonyl (C=O) groups excluding carboxylic acids is 2. The van der Waals surface area contributed by atoms with Crippen LogP contribution < -0.4 is 10.1 Å². The third-order valence-electron chi connectivity index (χ3n) is 4.75. The lowest BCUT2D eigenvalue weighted by Gasteiger charge is -2.19. The normalized spacial score (nSPS) is 11.4. The van der Waals surface area contributed by atoms with Crippen molar-refractivity contribution in [1.29, 1.82) is 0 Å². The molecule has 0 unspecified atom stereocenters. The van der Waals surface area contributed by atoms with Gasteiger partial charge in [-0.3, -0.25) is 9.59 Å². The topological polar surface area (TPSA) is 64.6 Å². The number of methoxy groups -OCH3 is 1. The van der Waals surface area contributed by atoms with Gasteiger partial charge in [0.05, 0.1) is 13.5 Å². The molecule has 0 fully saturated rings. The van der Waals surface area contributed by atoms with Crippen LogP contribution in [0.25, 0.3) is 0 Å². The van der Waals surface area contributed by atoms with Gasteiger partial charge in [0.2, 0.25) is 6.10 Å². The summed E-state index contributed by atoms with van der Waals surface area (Å²) in [6.45, 7) is 3.88. The molecule has 154 valence electrons. The zero-order valence-corrected chi connectivity index (χ0v) is 17.3. The summed E-state index contributed by atoms with van der Waals surface area (Å²) < 4.78 is 10.8. The molecule has 0 bridgehead atoms. The molecule has 1 amide bonds. The van der Waals surface area contributed by atoms with Crippen molar-refractivity contribution in [2.45, 2.75) is 26.4 Å². The lowest BCUT2D eigenvalue weighted by atomic mass is 10.1. The third kappa shape index (κ3) is 5.47. The van der Waals surface area contributed by atoms with Gasteiger partial charge in [-0.2, -0.15) is 0 Å². The molecule has 0 radical (unpaired) electrons. The Morgan fingerprint density at radius 2 is 1.63 bits per heavy atom. The molecule has 1 N–H and O–H groups in total. The van der Waals surface area contributed by atoms with E-state index in [9.17, 15) is 9.59 Å². The Balaban J connectivity index is 1.77. The second kappa shape index (κ2) is 9.74. The smallest absolute Gasteiger partial charge is 0.311 e. The molecule has 5 nitrogen and oxygen atoms in total. The van der Waals surface area contributed by atoms with Gasteiger partial charge >= 0.3 is 5.97 Å². The van der Waals surface area contributed by atoms with E-state index >= 15 is 0 Å². The molecule has 3 aromatic carbocycles. The van der Waals surface area contributed by atoms with Crippen LogP contribution in [-0.4, -0.2) is 19.0 Å². The van der Waals surface area contributed by atoms with Crippen LogP contribution in [0, 0.1) is 13.8 Å². The molecule has 0 aliphatic carbocycles. The number of rotatable bonds is 7. The number of hydrogen-bond donors (Lipinski definition) is 1. The minimum Gasteiger partial charge on any atom is -0.497 e. The molecular formula is C25H25NO4. The Morgan fingerprint density at radius 3 is 2.30 bits per heavy atom. The number of esters is 1. The van der Waals surface area contributed by atoms with Gasteiger partial charge in [0.25, 0.3) is 5.91 Å².